The molecule has 0 amide bonds. The molecule has 4 aliphatic carbocycles. The van der Waals surface area contributed by atoms with Crippen LogP contribution in [0.4, 0.5) is 0 Å². The van der Waals surface area contributed by atoms with Crippen LogP contribution in [0.1, 0.15) is 196 Å². The van der Waals surface area contributed by atoms with Crippen molar-refractivity contribution in [3.05, 3.63) is 11.6 Å². The standard InChI is InChI=1S/C27H46O.C18H39NO3/c1-18(2)7-6-8-19(3)23-11-12-24-22-10-9-20-17-21(28)13-15-26(20,4)25(22)14-16-27(23,24)5;1-2-3-4-5-6-7-8-9-10-11-12-13-14-17(21)18(22)16(19)15-20/h9,18-19,21-25,28H,6-8,10-17H2,1-5H3;16-18,20-22H,2-15,19H2,1H3/t19?,21-,22-,23+,24-,25-,26-,27+;/m0./s1. The van der Waals surface area contributed by atoms with Crippen molar-refractivity contribution < 1.29 is 20.4 Å². The molecule has 0 aromatic heterocycles. The van der Waals surface area contributed by atoms with Crippen molar-refractivity contribution in [2.24, 2.45) is 52.1 Å². The Morgan fingerprint density at radius 3 is 1.98 bits per heavy atom. The van der Waals surface area contributed by atoms with Crippen LogP contribution in [0, 0.1) is 46.3 Å². The minimum atomic E-state index is -1.02. The molecule has 11 atom stereocenters. The Balaban J connectivity index is 0.000000281. The first-order valence-corrected chi connectivity index (χ1v) is 22.0. The minimum absolute atomic E-state index is 0.0766. The molecule has 0 radical (unpaired) electrons. The van der Waals surface area contributed by atoms with Crippen LogP contribution >= 0.6 is 0 Å². The van der Waals surface area contributed by atoms with Crippen LogP contribution in [0.25, 0.3) is 0 Å². The topological polar surface area (TPSA) is 107 Å². The van der Waals surface area contributed by atoms with Gasteiger partial charge in [-0.05, 0) is 104 Å². The van der Waals surface area contributed by atoms with Crippen LogP contribution in [-0.4, -0.2) is 51.4 Å². The minimum Gasteiger partial charge on any atom is -0.395 e. The summed E-state index contributed by atoms with van der Waals surface area (Å²) in [7, 11) is 0. The van der Waals surface area contributed by atoms with E-state index in [4.69, 9.17) is 10.8 Å². The van der Waals surface area contributed by atoms with E-state index < -0.39 is 18.2 Å². The van der Waals surface area contributed by atoms with Gasteiger partial charge >= 0.3 is 0 Å². The van der Waals surface area contributed by atoms with Gasteiger partial charge in [0.2, 0.25) is 0 Å². The average molecular weight is 704 g/mol. The molecule has 3 fully saturated rings. The Morgan fingerprint density at radius 1 is 0.760 bits per heavy atom. The predicted octanol–water partition coefficient (Wildman–Crippen LogP) is 10.5. The van der Waals surface area contributed by atoms with Gasteiger partial charge in [0.05, 0.1) is 31.0 Å². The van der Waals surface area contributed by atoms with Crippen LogP contribution in [0.3, 0.4) is 0 Å². The van der Waals surface area contributed by atoms with E-state index in [1.165, 1.54) is 122 Å². The fourth-order valence-corrected chi connectivity index (χ4v) is 11.4. The summed E-state index contributed by atoms with van der Waals surface area (Å²) in [4.78, 5) is 0. The molecule has 50 heavy (non-hydrogen) atoms. The third kappa shape index (κ3) is 12.3. The maximum atomic E-state index is 10.2. The van der Waals surface area contributed by atoms with Crippen LogP contribution in [-0.2, 0) is 0 Å². The Labute approximate surface area is 310 Å². The van der Waals surface area contributed by atoms with E-state index in [1.807, 2.05) is 0 Å². The van der Waals surface area contributed by atoms with Gasteiger partial charge in [0, 0.05) is 0 Å². The molecule has 0 aromatic rings. The molecule has 5 nitrogen and oxygen atoms in total. The lowest BCUT2D eigenvalue weighted by Crippen LogP contribution is -2.50. The van der Waals surface area contributed by atoms with E-state index in [-0.39, 0.29) is 12.7 Å². The summed E-state index contributed by atoms with van der Waals surface area (Å²) in [5, 5.41) is 38.4. The molecule has 4 unspecified atom stereocenters. The third-order valence-electron chi connectivity index (χ3n) is 14.7. The molecule has 0 bridgehead atoms. The van der Waals surface area contributed by atoms with E-state index in [1.54, 1.807) is 5.57 Å². The quantitative estimate of drug-likeness (QED) is 0.0604. The predicted molar refractivity (Wildman–Crippen MR) is 212 cm³/mol. The molecule has 0 heterocycles. The normalized spacial score (nSPS) is 33.0. The highest BCUT2D eigenvalue weighted by Gasteiger charge is 2.59. The molecule has 0 spiro atoms. The van der Waals surface area contributed by atoms with Gasteiger partial charge in [-0.3, -0.25) is 0 Å². The molecule has 0 aromatic carbocycles. The number of nitrogens with two attached hydrogens (primary N) is 1. The lowest BCUT2D eigenvalue weighted by Gasteiger charge is -2.58. The second kappa shape index (κ2) is 22.0. The zero-order valence-electron chi connectivity index (χ0n) is 33.9. The molecule has 4 aliphatic rings. The Kier molecular flexibility index (Phi) is 19.4. The second-order valence-electron chi connectivity index (χ2n) is 18.8. The number of aliphatic hydroxyl groups excluding tert-OH is 4. The van der Waals surface area contributed by atoms with Crippen molar-refractivity contribution in [1.82, 2.24) is 0 Å². The average Bonchev–Trinajstić information content (AvgIpc) is 3.45. The Morgan fingerprint density at radius 2 is 1.38 bits per heavy atom. The number of hydrogen-bond donors (Lipinski definition) is 5. The fourth-order valence-electron chi connectivity index (χ4n) is 11.4. The monoisotopic (exact) mass is 704 g/mol. The van der Waals surface area contributed by atoms with Crippen LogP contribution in [0.5, 0.6) is 0 Å². The van der Waals surface area contributed by atoms with Gasteiger partial charge in [-0.2, -0.15) is 0 Å². The lowest BCUT2D eigenvalue weighted by atomic mass is 9.47. The molecule has 3 saturated carbocycles. The van der Waals surface area contributed by atoms with E-state index in [2.05, 4.69) is 47.6 Å². The first kappa shape index (κ1) is 43.9. The van der Waals surface area contributed by atoms with Crippen molar-refractivity contribution in [1.29, 1.82) is 0 Å². The summed E-state index contributed by atoms with van der Waals surface area (Å²) in [5.41, 5.74) is 8.10. The highest BCUT2D eigenvalue weighted by molar-refractivity contribution is 5.25. The van der Waals surface area contributed by atoms with Crippen LogP contribution < -0.4 is 5.73 Å². The number of fused-ring (bicyclic) bond motifs is 5. The van der Waals surface area contributed by atoms with E-state index in [9.17, 15) is 15.3 Å². The first-order valence-electron chi connectivity index (χ1n) is 22.0. The van der Waals surface area contributed by atoms with Gasteiger partial charge in [-0.1, -0.05) is 150 Å². The first-order chi connectivity index (χ1) is 23.9. The fraction of sp³-hybridized carbons (Fsp3) is 0.956. The molecular weight excluding hydrogens is 618 g/mol. The summed E-state index contributed by atoms with van der Waals surface area (Å²) < 4.78 is 0. The second-order valence-corrected chi connectivity index (χ2v) is 18.8. The Bertz CT molecular complexity index is 953. The highest BCUT2D eigenvalue weighted by atomic mass is 16.3. The number of unbranched alkanes of at least 4 members (excludes halogenated alkanes) is 11. The lowest BCUT2D eigenvalue weighted by molar-refractivity contribution is -0.0573. The molecule has 294 valence electrons. The van der Waals surface area contributed by atoms with Crippen molar-refractivity contribution in [3.8, 4) is 0 Å². The number of allylic oxidation sites excluding steroid dienone is 1. The zero-order chi connectivity index (χ0) is 36.7. The van der Waals surface area contributed by atoms with Crippen molar-refractivity contribution in [2.45, 2.75) is 220 Å². The van der Waals surface area contributed by atoms with Crippen molar-refractivity contribution in [2.75, 3.05) is 6.61 Å². The van der Waals surface area contributed by atoms with E-state index in [0.717, 1.165) is 61.2 Å². The zero-order valence-corrected chi connectivity index (χ0v) is 33.9. The van der Waals surface area contributed by atoms with Crippen molar-refractivity contribution >= 4 is 0 Å². The number of hydrogen-bond acceptors (Lipinski definition) is 5. The van der Waals surface area contributed by atoms with Gasteiger partial charge in [-0.25, -0.2) is 0 Å². The summed E-state index contributed by atoms with van der Waals surface area (Å²) in [6.07, 6.45) is 31.3. The number of aliphatic hydroxyl groups is 4. The largest absolute Gasteiger partial charge is 0.395 e. The maximum absolute atomic E-state index is 10.2. The van der Waals surface area contributed by atoms with Crippen molar-refractivity contribution in [3.63, 3.8) is 0 Å². The summed E-state index contributed by atoms with van der Waals surface area (Å²) in [6.45, 7) is 14.5. The SMILES string of the molecule is CC(C)CCCC(C)[C@H]1CC[C@H]2[C@@H]3CC=C4C[C@@H](O)CC[C@]4(C)[C@H]3CC[C@]12C.CCCCCCCCCCCCCCC(O)C(O)C(N)CO. The van der Waals surface area contributed by atoms with Crippen LogP contribution in [0.15, 0.2) is 11.6 Å². The molecule has 0 saturated heterocycles. The summed E-state index contributed by atoms with van der Waals surface area (Å²) >= 11 is 0. The molecule has 4 rings (SSSR count). The number of rotatable bonds is 21. The molecule has 0 aliphatic heterocycles. The van der Waals surface area contributed by atoms with Gasteiger partial charge in [-0.15, -0.1) is 0 Å². The van der Waals surface area contributed by atoms with E-state index in [0.29, 0.717) is 17.3 Å². The molecular formula is C45H85NO4. The van der Waals surface area contributed by atoms with Gasteiger partial charge < -0.3 is 26.2 Å². The smallest absolute Gasteiger partial charge is 0.0971 e. The van der Waals surface area contributed by atoms with Crippen LogP contribution in [0.2, 0.25) is 0 Å². The summed E-state index contributed by atoms with van der Waals surface area (Å²) in [6, 6.07) is -0.743. The van der Waals surface area contributed by atoms with Gasteiger partial charge in [0.15, 0.2) is 0 Å². The van der Waals surface area contributed by atoms with E-state index >= 15 is 0 Å². The summed E-state index contributed by atoms with van der Waals surface area (Å²) in [5.74, 6) is 5.46. The third-order valence-corrected chi connectivity index (χ3v) is 14.7. The van der Waals surface area contributed by atoms with Gasteiger partial charge in [0.1, 0.15) is 0 Å². The van der Waals surface area contributed by atoms with Gasteiger partial charge in [0.25, 0.3) is 0 Å². The maximum Gasteiger partial charge on any atom is 0.0971 e. The highest BCUT2D eigenvalue weighted by Crippen LogP contribution is 2.67. The molecule has 5 heteroatoms. The molecule has 6 N–H and O–H groups in total. The Hall–Kier alpha value is -0.460.